The van der Waals surface area contributed by atoms with Gasteiger partial charge < -0.3 is 10.4 Å². The van der Waals surface area contributed by atoms with Gasteiger partial charge in [0.1, 0.15) is 0 Å². The molecule has 0 bridgehead atoms. The van der Waals surface area contributed by atoms with Gasteiger partial charge in [0, 0.05) is 12.5 Å². The molecule has 0 spiro atoms. The van der Waals surface area contributed by atoms with Gasteiger partial charge in [0.2, 0.25) is 5.91 Å². The Bertz CT molecular complexity index is 393. The van der Waals surface area contributed by atoms with E-state index in [0.717, 1.165) is 31.2 Å². The first-order valence-electron chi connectivity index (χ1n) is 6.69. The number of rotatable bonds is 4. The number of aliphatic hydroxyl groups excluding tert-OH is 1. The first-order chi connectivity index (χ1) is 8.66. The predicted octanol–water partition coefficient (Wildman–Crippen LogP) is 2.33. The van der Waals surface area contributed by atoms with Crippen molar-refractivity contribution in [3.63, 3.8) is 0 Å². The number of carbonyl (C=O) groups excluding carboxylic acids is 1. The van der Waals surface area contributed by atoms with Crippen LogP contribution in [0, 0.1) is 12.8 Å². The number of hydrogen-bond donors (Lipinski definition) is 2. The van der Waals surface area contributed by atoms with Crippen LogP contribution in [0.3, 0.4) is 0 Å². The van der Waals surface area contributed by atoms with Crippen molar-refractivity contribution < 1.29 is 9.90 Å². The van der Waals surface area contributed by atoms with E-state index in [1.807, 2.05) is 31.2 Å². The fourth-order valence-electron chi connectivity index (χ4n) is 2.44. The molecule has 2 rings (SSSR count). The zero-order chi connectivity index (χ0) is 13.0. The highest BCUT2D eigenvalue weighted by molar-refractivity contribution is 5.78. The molecule has 0 radical (unpaired) electrons. The average Bonchev–Trinajstić information content (AvgIpc) is 2.90. The fraction of sp³-hybridized carbons (Fsp3) is 0.533. The number of benzene rings is 1. The number of aryl methyl sites for hydroxylation is 1. The molecule has 18 heavy (non-hydrogen) atoms. The van der Waals surface area contributed by atoms with Crippen molar-refractivity contribution in [3.05, 3.63) is 35.4 Å². The van der Waals surface area contributed by atoms with E-state index < -0.39 is 6.10 Å². The van der Waals surface area contributed by atoms with E-state index in [1.54, 1.807) is 0 Å². The van der Waals surface area contributed by atoms with Crippen molar-refractivity contribution in [1.82, 2.24) is 5.32 Å². The Labute approximate surface area is 108 Å². The third-order valence-corrected chi connectivity index (χ3v) is 3.66. The maximum Gasteiger partial charge on any atom is 0.223 e. The Morgan fingerprint density at radius 3 is 2.56 bits per heavy atom. The highest BCUT2D eigenvalue weighted by atomic mass is 16.3. The zero-order valence-corrected chi connectivity index (χ0v) is 10.9. The summed E-state index contributed by atoms with van der Waals surface area (Å²) in [6.07, 6.45) is 3.67. The van der Waals surface area contributed by atoms with Gasteiger partial charge in [-0.05, 0) is 25.3 Å². The van der Waals surface area contributed by atoms with E-state index >= 15 is 0 Å². The van der Waals surface area contributed by atoms with Gasteiger partial charge in [-0.1, -0.05) is 42.7 Å². The lowest BCUT2D eigenvalue weighted by atomic mass is 10.1. The molecule has 2 N–H and O–H groups in total. The van der Waals surface area contributed by atoms with Gasteiger partial charge in [-0.15, -0.1) is 0 Å². The Morgan fingerprint density at radius 1 is 1.33 bits per heavy atom. The van der Waals surface area contributed by atoms with Crippen LogP contribution in [0.2, 0.25) is 0 Å². The molecule has 3 nitrogen and oxygen atoms in total. The molecule has 1 aliphatic carbocycles. The smallest absolute Gasteiger partial charge is 0.223 e. The van der Waals surface area contributed by atoms with Crippen LogP contribution < -0.4 is 5.32 Å². The van der Waals surface area contributed by atoms with E-state index in [2.05, 4.69) is 5.32 Å². The number of hydrogen-bond acceptors (Lipinski definition) is 2. The molecule has 0 unspecified atom stereocenters. The van der Waals surface area contributed by atoms with E-state index in [1.165, 1.54) is 5.56 Å². The molecule has 1 aliphatic rings. The van der Waals surface area contributed by atoms with Crippen LogP contribution in [0.15, 0.2) is 24.3 Å². The third-order valence-electron chi connectivity index (χ3n) is 3.66. The van der Waals surface area contributed by atoms with Gasteiger partial charge in [-0.2, -0.15) is 0 Å². The van der Waals surface area contributed by atoms with Crippen LogP contribution in [0.25, 0.3) is 0 Å². The minimum atomic E-state index is -0.615. The molecule has 1 fully saturated rings. The highest BCUT2D eigenvalue weighted by Crippen LogP contribution is 2.24. The Morgan fingerprint density at radius 2 is 1.94 bits per heavy atom. The molecule has 1 saturated carbocycles. The maximum atomic E-state index is 11.8. The predicted molar refractivity (Wildman–Crippen MR) is 71.1 cm³/mol. The summed E-state index contributed by atoms with van der Waals surface area (Å²) in [5.41, 5.74) is 2.02. The largest absolute Gasteiger partial charge is 0.387 e. The van der Waals surface area contributed by atoms with Crippen LogP contribution in [0.5, 0.6) is 0 Å². The van der Waals surface area contributed by atoms with Crippen molar-refractivity contribution in [3.8, 4) is 0 Å². The molecule has 0 saturated heterocycles. The van der Waals surface area contributed by atoms with Gasteiger partial charge >= 0.3 is 0 Å². The zero-order valence-electron chi connectivity index (χ0n) is 10.9. The molecule has 3 heteroatoms. The minimum absolute atomic E-state index is 0.0960. The maximum absolute atomic E-state index is 11.8. The molecule has 1 aromatic rings. The Kier molecular flexibility index (Phi) is 4.37. The lowest BCUT2D eigenvalue weighted by Crippen LogP contribution is -2.32. The molecule has 98 valence electrons. The van der Waals surface area contributed by atoms with Crippen LogP contribution in [-0.2, 0) is 4.79 Å². The van der Waals surface area contributed by atoms with Crippen molar-refractivity contribution >= 4 is 5.91 Å². The lowest BCUT2D eigenvalue weighted by Gasteiger charge is -2.15. The summed E-state index contributed by atoms with van der Waals surface area (Å²) in [7, 11) is 0. The second kappa shape index (κ2) is 6.01. The van der Waals surface area contributed by atoms with E-state index in [4.69, 9.17) is 0 Å². The Hall–Kier alpha value is -1.35. The van der Waals surface area contributed by atoms with E-state index in [0.29, 0.717) is 6.54 Å². The number of amides is 1. The van der Waals surface area contributed by atoms with E-state index in [9.17, 15) is 9.90 Å². The summed E-state index contributed by atoms with van der Waals surface area (Å²) < 4.78 is 0. The summed E-state index contributed by atoms with van der Waals surface area (Å²) in [6, 6.07) is 7.75. The molecule has 1 aromatic carbocycles. The SMILES string of the molecule is Cc1ccc([C@@H](O)CNC(=O)C2CCCC2)cc1. The number of carbonyl (C=O) groups is 1. The monoisotopic (exact) mass is 247 g/mol. The van der Waals surface area contributed by atoms with Crippen LogP contribution >= 0.6 is 0 Å². The van der Waals surface area contributed by atoms with Gasteiger partial charge in [-0.25, -0.2) is 0 Å². The molecule has 1 amide bonds. The fourth-order valence-corrected chi connectivity index (χ4v) is 2.44. The van der Waals surface area contributed by atoms with Gasteiger partial charge in [0.15, 0.2) is 0 Å². The van der Waals surface area contributed by atoms with Crippen LogP contribution in [-0.4, -0.2) is 17.6 Å². The minimum Gasteiger partial charge on any atom is -0.387 e. The molecule has 0 aromatic heterocycles. The summed E-state index contributed by atoms with van der Waals surface area (Å²) in [6.45, 7) is 2.32. The first-order valence-corrected chi connectivity index (χ1v) is 6.69. The molecule has 0 aliphatic heterocycles. The standard InChI is InChI=1S/C15H21NO2/c1-11-6-8-12(9-7-11)14(17)10-16-15(18)13-4-2-3-5-13/h6-9,13-14,17H,2-5,10H2,1H3,(H,16,18)/t14-/m0/s1. The Balaban J connectivity index is 1.82. The third kappa shape index (κ3) is 3.33. The van der Waals surface area contributed by atoms with Crippen molar-refractivity contribution in [1.29, 1.82) is 0 Å². The normalized spacial score (nSPS) is 17.7. The summed E-state index contributed by atoms with van der Waals surface area (Å²) in [5.74, 6) is 0.258. The van der Waals surface area contributed by atoms with Gasteiger partial charge in [0.05, 0.1) is 6.10 Å². The van der Waals surface area contributed by atoms with E-state index in [-0.39, 0.29) is 11.8 Å². The molecule has 0 heterocycles. The van der Waals surface area contributed by atoms with Crippen molar-refractivity contribution in [2.45, 2.75) is 38.7 Å². The second-order valence-corrected chi connectivity index (χ2v) is 5.15. The summed E-state index contributed by atoms with van der Waals surface area (Å²) in [4.78, 5) is 11.8. The van der Waals surface area contributed by atoms with Crippen molar-refractivity contribution in [2.75, 3.05) is 6.54 Å². The quantitative estimate of drug-likeness (QED) is 0.858. The number of nitrogens with one attached hydrogen (secondary N) is 1. The average molecular weight is 247 g/mol. The molecular formula is C15H21NO2. The second-order valence-electron chi connectivity index (χ2n) is 5.15. The topological polar surface area (TPSA) is 49.3 Å². The van der Waals surface area contributed by atoms with Crippen LogP contribution in [0.4, 0.5) is 0 Å². The lowest BCUT2D eigenvalue weighted by molar-refractivity contribution is -0.125. The van der Waals surface area contributed by atoms with Gasteiger partial charge in [0.25, 0.3) is 0 Å². The summed E-state index contributed by atoms with van der Waals surface area (Å²) in [5, 5.41) is 12.8. The first kappa shape index (κ1) is 13.1. The van der Waals surface area contributed by atoms with Crippen molar-refractivity contribution in [2.24, 2.45) is 5.92 Å². The van der Waals surface area contributed by atoms with Gasteiger partial charge in [-0.3, -0.25) is 4.79 Å². The molecular weight excluding hydrogens is 226 g/mol. The van der Waals surface area contributed by atoms with Crippen LogP contribution in [0.1, 0.15) is 42.9 Å². The summed E-state index contributed by atoms with van der Waals surface area (Å²) >= 11 is 0. The molecule has 1 atom stereocenters. The highest BCUT2D eigenvalue weighted by Gasteiger charge is 2.22. The number of aliphatic hydroxyl groups is 1.